The molecule has 0 spiro atoms. The van der Waals surface area contributed by atoms with Gasteiger partial charge in [0.1, 0.15) is 12.4 Å². The van der Waals surface area contributed by atoms with Crippen molar-refractivity contribution in [1.82, 2.24) is 15.5 Å². The van der Waals surface area contributed by atoms with Crippen molar-refractivity contribution in [3.8, 4) is 5.75 Å². The maximum Gasteiger partial charge on any atom is 0.191 e. The Kier molecular flexibility index (Phi) is 9.00. The molecule has 1 aliphatic heterocycles. The summed E-state index contributed by atoms with van der Waals surface area (Å²) in [4.78, 5) is 6.81. The van der Waals surface area contributed by atoms with Gasteiger partial charge in [0.05, 0.1) is 6.61 Å². The van der Waals surface area contributed by atoms with Crippen molar-refractivity contribution in [3.63, 3.8) is 0 Å². The Balaban J connectivity index is 1.79. The lowest BCUT2D eigenvalue weighted by molar-refractivity contribution is 0.128. The van der Waals surface area contributed by atoms with Crippen LogP contribution in [-0.4, -0.2) is 63.9 Å². The fraction of sp³-hybridized carbons (Fsp3) is 0.550. The molecule has 1 heterocycles. The highest BCUT2D eigenvalue weighted by Crippen LogP contribution is 2.17. The number of nitrogens with one attached hydrogen (secondary N) is 2. The molecule has 0 radical (unpaired) electrons. The maximum atomic E-state index is 5.71. The van der Waals surface area contributed by atoms with Crippen molar-refractivity contribution < 1.29 is 9.47 Å². The molecule has 2 rings (SSSR count). The Morgan fingerprint density at radius 1 is 1.35 bits per heavy atom. The fourth-order valence-corrected chi connectivity index (χ4v) is 3.03. The van der Waals surface area contributed by atoms with Gasteiger partial charge in [0.15, 0.2) is 5.96 Å². The molecule has 0 atom stereocenters. The Hall–Kier alpha value is -2.05. The van der Waals surface area contributed by atoms with E-state index in [1.54, 1.807) is 13.2 Å². The Morgan fingerprint density at radius 2 is 2.12 bits per heavy atom. The molecule has 6 nitrogen and oxygen atoms in total. The molecule has 0 amide bonds. The van der Waals surface area contributed by atoms with E-state index in [0.717, 1.165) is 56.4 Å². The fourth-order valence-electron chi connectivity index (χ4n) is 3.03. The minimum atomic E-state index is 0.451. The highest BCUT2D eigenvalue weighted by molar-refractivity contribution is 5.80. The smallest absolute Gasteiger partial charge is 0.191 e. The van der Waals surface area contributed by atoms with Crippen molar-refractivity contribution in [2.24, 2.45) is 4.99 Å². The van der Waals surface area contributed by atoms with Crippen LogP contribution in [-0.2, 0) is 11.3 Å². The van der Waals surface area contributed by atoms with Crippen LogP contribution in [0.15, 0.2) is 41.9 Å². The number of nitrogens with zero attached hydrogens (tertiary/aromatic N) is 2. The molecule has 1 aliphatic rings. The second-order valence-corrected chi connectivity index (χ2v) is 6.39. The first-order valence-corrected chi connectivity index (χ1v) is 9.27. The van der Waals surface area contributed by atoms with Crippen LogP contribution in [0.2, 0.25) is 0 Å². The highest BCUT2D eigenvalue weighted by atomic mass is 16.5. The van der Waals surface area contributed by atoms with E-state index in [4.69, 9.17) is 9.47 Å². The number of rotatable bonds is 9. The van der Waals surface area contributed by atoms with E-state index < -0.39 is 0 Å². The number of aliphatic imine (C=N–C) groups is 1. The molecule has 0 unspecified atom stereocenters. The summed E-state index contributed by atoms with van der Waals surface area (Å²) in [5, 5.41) is 6.93. The van der Waals surface area contributed by atoms with Crippen molar-refractivity contribution >= 4 is 5.96 Å². The average Bonchev–Trinajstić information content (AvgIpc) is 2.69. The van der Waals surface area contributed by atoms with Crippen LogP contribution in [0.1, 0.15) is 18.4 Å². The maximum absolute atomic E-state index is 5.71. The molecule has 1 fully saturated rings. The molecule has 0 aliphatic carbocycles. The Morgan fingerprint density at radius 3 is 2.81 bits per heavy atom. The first kappa shape index (κ1) is 20.3. The highest BCUT2D eigenvalue weighted by Gasteiger charge is 2.19. The van der Waals surface area contributed by atoms with E-state index >= 15 is 0 Å². The first-order chi connectivity index (χ1) is 12.8. The van der Waals surface area contributed by atoms with Crippen molar-refractivity contribution in [1.29, 1.82) is 0 Å². The summed E-state index contributed by atoms with van der Waals surface area (Å²) in [6.07, 6.45) is 3.98. The number of hydrogen-bond acceptors (Lipinski definition) is 4. The van der Waals surface area contributed by atoms with Gasteiger partial charge < -0.3 is 25.0 Å². The molecule has 2 N–H and O–H groups in total. The zero-order chi connectivity index (χ0) is 18.6. The van der Waals surface area contributed by atoms with Crippen LogP contribution in [0.25, 0.3) is 0 Å². The lowest BCUT2D eigenvalue weighted by Gasteiger charge is -2.32. The molecule has 26 heavy (non-hydrogen) atoms. The predicted octanol–water partition coefficient (Wildman–Crippen LogP) is 2.03. The van der Waals surface area contributed by atoms with Gasteiger partial charge >= 0.3 is 0 Å². The van der Waals surface area contributed by atoms with Crippen LogP contribution >= 0.6 is 0 Å². The van der Waals surface area contributed by atoms with Gasteiger partial charge in [0, 0.05) is 51.9 Å². The molecule has 0 bridgehead atoms. The van der Waals surface area contributed by atoms with Crippen molar-refractivity contribution in [3.05, 3.63) is 42.5 Å². The zero-order valence-corrected chi connectivity index (χ0v) is 16.0. The van der Waals surface area contributed by atoms with Gasteiger partial charge in [0.2, 0.25) is 0 Å². The van der Waals surface area contributed by atoms with E-state index in [2.05, 4.69) is 33.2 Å². The summed E-state index contributed by atoms with van der Waals surface area (Å²) in [6.45, 7) is 8.87. The van der Waals surface area contributed by atoms with Gasteiger partial charge in [-0.05, 0) is 18.9 Å². The normalized spacial score (nSPS) is 16.3. The van der Waals surface area contributed by atoms with Gasteiger partial charge in [-0.1, -0.05) is 30.9 Å². The van der Waals surface area contributed by atoms with Crippen LogP contribution in [0, 0.1) is 0 Å². The number of piperidine rings is 1. The number of hydrogen-bond donors (Lipinski definition) is 2. The molecule has 1 aromatic rings. The predicted molar refractivity (Wildman–Crippen MR) is 107 cm³/mol. The largest absolute Gasteiger partial charge is 0.489 e. The van der Waals surface area contributed by atoms with Gasteiger partial charge in [-0.3, -0.25) is 4.99 Å². The minimum absolute atomic E-state index is 0.451. The summed E-state index contributed by atoms with van der Waals surface area (Å²) in [7, 11) is 3.56. The lowest BCUT2D eigenvalue weighted by Crippen LogP contribution is -2.48. The minimum Gasteiger partial charge on any atom is -0.489 e. The Labute approximate surface area is 157 Å². The summed E-state index contributed by atoms with van der Waals surface area (Å²) in [5.41, 5.74) is 1.10. The average molecular weight is 361 g/mol. The first-order valence-electron chi connectivity index (χ1n) is 9.27. The van der Waals surface area contributed by atoms with Crippen LogP contribution in [0.3, 0.4) is 0 Å². The molecular weight excluding hydrogens is 328 g/mol. The number of benzene rings is 1. The van der Waals surface area contributed by atoms with Crippen molar-refractivity contribution in [2.45, 2.75) is 25.4 Å². The molecule has 144 valence electrons. The number of guanidine groups is 1. The quantitative estimate of drug-likeness (QED) is 0.401. The standard InChI is InChI=1S/C20H32N4O2/c1-4-14-26-19-8-6-5-7-17(19)16-22-20(21-2)23-18-9-11-24(12-10-18)13-15-25-3/h4-8,18H,1,9-16H2,2-3H3,(H2,21,22,23). The van der Waals surface area contributed by atoms with E-state index in [1.807, 2.05) is 25.2 Å². The summed E-state index contributed by atoms with van der Waals surface area (Å²) < 4.78 is 10.9. The summed E-state index contributed by atoms with van der Waals surface area (Å²) in [6, 6.07) is 8.49. The molecule has 0 aromatic heterocycles. The van der Waals surface area contributed by atoms with Crippen molar-refractivity contribution in [2.75, 3.05) is 47.0 Å². The number of likely N-dealkylation sites (tertiary alicyclic amines) is 1. The Bertz CT molecular complexity index is 569. The topological polar surface area (TPSA) is 58.1 Å². The van der Waals surface area contributed by atoms with E-state index in [1.165, 1.54) is 0 Å². The lowest BCUT2D eigenvalue weighted by atomic mass is 10.1. The van der Waals surface area contributed by atoms with Crippen LogP contribution in [0.5, 0.6) is 5.75 Å². The zero-order valence-electron chi connectivity index (χ0n) is 16.0. The van der Waals surface area contributed by atoms with Crippen LogP contribution < -0.4 is 15.4 Å². The summed E-state index contributed by atoms with van der Waals surface area (Å²) in [5.74, 6) is 1.71. The second-order valence-electron chi connectivity index (χ2n) is 6.39. The third-order valence-electron chi connectivity index (χ3n) is 4.54. The van der Waals surface area contributed by atoms with Gasteiger partial charge in [-0.2, -0.15) is 0 Å². The third-order valence-corrected chi connectivity index (χ3v) is 4.54. The monoisotopic (exact) mass is 360 g/mol. The number of methoxy groups -OCH3 is 1. The van der Waals surface area contributed by atoms with Gasteiger partial charge in [-0.25, -0.2) is 0 Å². The molecule has 1 aromatic carbocycles. The molecule has 0 saturated carbocycles. The molecule has 1 saturated heterocycles. The van der Waals surface area contributed by atoms with Gasteiger partial charge in [0.25, 0.3) is 0 Å². The number of para-hydroxylation sites is 1. The SMILES string of the molecule is C=CCOc1ccccc1CNC(=NC)NC1CCN(CCOC)CC1. The third kappa shape index (κ3) is 6.69. The molecular formula is C20H32N4O2. The van der Waals surface area contributed by atoms with Gasteiger partial charge in [-0.15, -0.1) is 0 Å². The van der Waals surface area contributed by atoms with E-state index in [-0.39, 0.29) is 0 Å². The summed E-state index contributed by atoms with van der Waals surface area (Å²) >= 11 is 0. The van der Waals surface area contributed by atoms with Crippen LogP contribution in [0.4, 0.5) is 0 Å². The van der Waals surface area contributed by atoms with E-state index in [0.29, 0.717) is 19.2 Å². The molecule has 6 heteroatoms. The second kappa shape index (κ2) is 11.5. The van der Waals surface area contributed by atoms with E-state index in [9.17, 15) is 0 Å². The number of ether oxygens (including phenoxy) is 2.